The summed E-state index contributed by atoms with van der Waals surface area (Å²) in [7, 11) is 3.85. The monoisotopic (exact) mass is 289 g/mol. The van der Waals surface area contributed by atoms with Crippen LogP contribution in [0, 0.1) is 0 Å². The summed E-state index contributed by atoms with van der Waals surface area (Å²) in [4.78, 5) is 16.9. The number of nitrogens with zero attached hydrogens (tertiary/aromatic N) is 1. The smallest absolute Gasteiger partial charge is 0.211 e. The van der Waals surface area contributed by atoms with E-state index >= 15 is 0 Å². The molecule has 0 atom stereocenters. The van der Waals surface area contributed by atoms with Crippen molar-refractivity contribution in [2.45, 2.75) is 4.90 Å². The molecule has 19 heavy (non-hydrogen) atoms. The zero-order chi connectivity index (χ0) is 13.7. The van der Waals surface area contributed by atoms with Gasteiger partial charge in [0, 0.05) is 25.2 Å². The maximum Gasteiger partial charge on any atom is 0.211 e. The molecule has 2 rings (SSSR count). The number of carbonyl (C=O) groups is 1. The van der Waals surface area contributed by atoms with E-state index in [2.05, 4.69) is 0 Å². The molecule has 1 heterocycles. The topological polar surface area (TPSA) is 20.3 Å². The first kappa shape index (κ1) is 13.9. The van der Waals surface area contributed by atoms with Crippen LogP contribution >= 0.6 is 23.1 Å². The number of hydrogen-bond donors (Lipinski definition) is 0. The molecule has 2 aromatic rings. The van der Waals surface area contributed by atoms with Crippen molar-refractivity contribution in [3.63, 3.8) is 0 Å². The fourth-order valence-corrected chi connectivity index (χ4v) is 3.27. The Balaban J connectivity index is 2.25. The Hall–Kier alpha value is -1.52. The van der Waals surface area contributed by atoms with Crippen LogP contribution in [0.15, 0.2) is 63.8 Å². The standard InChI is InChI=1S/C15H15NOS2/c1-16(2)11-14(15(17)13-9-6-10-18-13)19-12-7-4-3-5-8-12/h3-11H,1-2H3/b14-11-. The minimum Gasteiger partial charge on any atom is -0.382 e. The maximum atomic E-state index is 12.4. The molecule has 1 aromatic carbocycles. The van der Waals surface area contributed by atoms with Gasteiger partial charge in [-0.25, -0.2) is 0 Å². The summed E-state index contributed by atoms with van der Waals surface area (Å²) in [6, 6.07) is 13.7. The van der Waals surface area contributed by atoms with E-state index in [1.165, 1.54) is 23.1 Å². The van der Waals surface area contributed by atoms with E-state index in [0.717, 1.165) is 14.7 Å². The van der Waals surface area contributed by atoms with Crippen LogP contribution in [0.5, 0.6) is 0 Å². The van der Waals surface area contributed by atoms with Crippen LogP contribution < -0.4 is 0 Å². The summed E-state index contributed by atoms with van der Waals surface area (Å²) in [6.45, 7) is 0. The third-order valence-corrected chi connectivity index (χ3v) is 4.20. The van der Waals surface area contributed by atoms with Crippen molar-refractivity contribution >= 4 is 28.9 Å². The molecular weight excluding hydrogens is 274 g/mol. The molecular formula is C15H15NOS2. The molecule has 98 valence electrons. The first-order valence-corrected chi connectivity index (χ1v) is 7.56. The maximum absolute atomic E-state index is 12.4. The van der Waals surface area contributed by atoms with Crippen LogP contribution in [0.2, 0.25) is 0 Å². The van der Waals surface area contributed by atoms with Crippen molar-refractivity contribution in [3.8, 4) is 0 Å². The summed E-state index contributed by atoms with van der Waals surface area (Å²) in [6.07, 6.45) is 1.87. The molecule has 0 radical (unpaired) electrons. The molecule has 0 aliphatic rings. The molecule has 0 bridgehead atoms. The predicted molar refractivity (Wildman–Crippen MR) is 82.7 cm³/mol. The fraction of sp³-hybridized carbons (Fsp3) is 0.133. The lowest BCUT2D eigenvalue weighted by atomic mass is 10.3. The number of thiophene rings is 1. The van der Waals surface area contributed by atoms with E-state index in [0.29, 0.717) is 0 Å². The zero-order valence-electron chi connectivity index (χ0n) is 10.9. The molecule has 0 saturated heterocycles. The van der Waals surface area contributed by atoms with Crippen LogP contribution in [0.25, 0.3) is 0 Å². The highest BCUT2D eigenvalue weighted by Gasteiger charge is 2.15. The molecule has 0 N–H and O–H groups in total. The van der Waals surface area contributed by atoms with E-state index in [1.807, 2.05) is 73.0 Å². The van der Waals surface area contributed by atoms with Gasteiger partial charge in [-0.05, 0) is 23.6 Å². The van der Waals surface area contributed by atoms with Crippen LogP contribution in [-0.4, -0.2) is 24.8 Å². The van der Waals surface area contributed by atoms with Crippen molar-refractivity contribution in [2.24, 2.45) is 0 Å². The highest BCUT2D eigenvalue weighted by molar-refractivity contribution is 8.04. The lowest BCUT2D eigenvalue weighted by molar-refractivity contribution is 0.104. The second kappa shape index (κ2) is 6.59. The number of carbonyl (C=O) groups excluding carboxylic acids is 1. The summed E-state index contributed by atoms with van der Waals surface area (Å²) >= 11 is 2.97. The third kappa shape index (κ3) is 3.98. The molecule has 0 aliphatic heterocycles. The summed E-state index contributed by atoms with van der Waals surface area (Å²) in [5, 5.41) is 1.92. The Morgan fingerprint density at radius 3 is 2.47 bits per heavy atom. The predicted octanol–water partition coefficient (Wildman–Crippen LogP) is 4.13. The van der Waals surface area contributed by atoms with Gasteiger partial charge in [0.2, 0.25) is 5.78 Å². The minimum absolute atomic E-state index is 0.0811. The van der Waals surface area contributed by atoms with Crippen molar-refractivity contribution < 1.29 is 4.79 Å². The molecule has 0 aliphatic carbocycles. The van der Waals surface area contributed by atoms with Gasteiger partial charge in [-0.1, -0.05) is 36.0 Å². The number of ketones is 1. The van der Waals surface area contributed by atoms with E-state index in [4.69, 9.17) is 0 Å². The largest absolute Gasteiger partial charge is 0.382 e. The first-order valence-electron chi connectivity index (χ1n) is 5.86. The molecule has 0 fully saturated rings. The Bertz CT molecular complexity index is 559. The van der Waals surface area contributed by atoms with Gasteiger partial charge >= 0.3 is 0 Å². The number of benzene rings is 1. The quantitative estimate of drug-likeness (QED) is 0.469. The van der Waals surface area contributed by atoms with Gasteiger partial charge in [-0.2, -0.15) is 0 Å². The average molecular weight is 289 g/mol. The number of rotatable bonds is 5. The van der Waals surface area contributed by atoms with Gasteiger partial charge in [-0.3, -0.25) is 4.79 Å². The Labute approximate surface area is 121 Å². The highest BCUT2D eigenvalue weighted by Crippen LogP contribution is 2.30. The van der Waals surface area contributed by atoms with Crippen LogP contribution in [0.1, 0.15) is 9.67 Å². The molecule has 0 saturated carbocycles. The molecule has 2 nitrogen and oxygen atoms in total. The van der Waals surface area contributed by atoms with Gasteiger partial charge in [0.25, 0.3) is 0 Å². The number of allylic oxidation sites excluding steroid dienone is 1. The van der Waals surface area contributed by atoms with Crippen LogP contribution in [-0.2, 0) is 0 Å². The second-order valence-corrected chi connectivity index (χ2v) is 6.24. The SMILES string of the molecule is CN(C)/C=C(\Sc1ccccc1)C(=O)c1cccs1. The van der Waals surface area contributed by atoms with E-state index in [-0.39, 0.29) is 5.78 Å². The Morgan fingerprint density at radius 1 is 1.16 bits per heavy atom. The summed E-state index contributed by atoms with van der Waals surface area (Å²) in [5.41, 5.74) is 0. The van der Waals surface area contributed by atoms with Gasteiger partial charge < -0.3 is 4.90 Å². The lowest BCUT2D eigenvalue weighted by Crippen LogP contribution is -2.07. The van der Waals surface area contributed by atoms with E-state index in [1.54, 1.807) is 0 Å². The highest BCUT2D eigenvalue weighted by atomic mass is 32.2. The first-order chi connectivity index (χ1) is 9.16. The van der Waals surface area contributed by atoms with Gasteiger partial charge in [0.05, 0.1) is 9.78 Å². The van der Waals surface area contributed by atoms with Crippen molar-refractivity contribution in [1.29, 1.82) is 0 Å². The number of thioether (sulfide) groups is 1. The summed E-state index contributed by atoms with van der Waals surface area (Å²) in [5.74, 6) is 0.0811. The van der Waals surface area contributed by atoms with E-state index in [9.17, 15) is 4.79 Å². The van der Waals surface area contributed by atoms with E-state index < -0.39 is 0 Å². The van der Waals surface area contributed by atoms with Gasteiger partial charge in [0.1, 0.15) is 0 Å². The van der Waals surface area contributed by atoms with Crippen LogP contribution in [0.3, 0.4) is 0 Å². The van der Waals surface area contributed by atoms with Crippen molar-refractivity contribution in [1.82, 2.24) is 4.90 Å². The Kier molecular flexibility index (Phi) is 4.82. The number of Topliss-reactive ketones (excluding diaryl/α,β-unsaturated/α-hetero) is 1. The molecule has 0 spiro atoms. The van der Waals surface area contributed by atoms with Crippen LogP contribution in [0.4, 0.5) is 0 Å². The minimum atomic E-state index is 0.0811. The normalized spacial score (nSPS) is 11.4. The van der Waals surface area contributed by atoms with Gasteiger partial charge in [0.15, 0.2) is 0 Å². The number of hydrogen-bond acceptors (Lipinski definition) is 4. The zero-order valence-corrected chi connectivity index (χ0v) is 12.5. The lowest BCUT2D eigenvalue weighted by Gasteiger charge is -2.10. The third-order valence-electron chi connectivity index (χ3n) is 2.32. The molecule has 0 unspecified atom stereocenters. The molecule has 1 aromatic heterocycles. The Morgan fingerprint density at radius 2 is 1.89 bits per heavy atom. The second-order valence-electron chi connectivity index (χ2n) is 4.18. The van der Waals surface area contributed by atoms with Crippen molar-refractivity contribution in [2.75, 3.05) is 14.1 Å². The summed E-state index contributed by atoms with van der Waals surface area (Å²) < 4.78 is 0. The van der Waals surface area contributed by atoms with Gasteiger partial charge in [-0.15, -0.1) is 11.3 Å². The molecule has 4 heteroatoms. The molecule has 0 amide bonds. The average Bonchev–Trinajstić information content (AvgIpc) is 2.91. The van der Waals surface area contributed by atoms with Crippen molar-refractivity contribution in [3.05, 3.63) is 63.8 Å². The fourth-order valence-electron chi connectivity index (χ4n) is 1.51.